The Hall–Kier alpha value is -1.88. The first kappa shape index (κ1) is 12.6. The van der Waals surface area contributed by atoms with Crippen LogP contribution in [-0.4, -0.2) is 22.8 Å². The summed E-state index contributed by atoms with van der Waals surface area (Å²) in [5.74, 6) is -0.0272. The van der Waals surface area contributed by atoms with Crippen molar-refractivity contribution in [3.63, 3.8) is 0 Å². The fraction of sp³-hybridized carbons (Fsp3) is 0.231. The van der Waals surface area contributed by atoms with Crippen molar-refractivity contribution in [2.45, 2.75) is 13.5 Å². The van der Waals surface area contributed by atoms with Crippen LogP contribution in [0.25, 0.3) is 0 Å². The van der Waals surface area contributed by atoms with E-state index in [4.69, 9.17) is 5.73 Å². The number of nitrogens with zero attached hydrogens (tertiary/aromatic N) is 2. The molecule has 0 atom stereocenters. The van der Waals surface area contributed by atoms with Crippen molar-refractivity contribution in [3.05, 3.63) is 45.9 Å². The van der Waals surface area contributed by atoms with Gasteiger partial charge in [-0.2, -0.15) is 0 Å². The molecule has 0 fully saturated rings. The van der Waals surface area contributed by atoms with E-state index in [1.165, 1.54) is 0 Å². The molecule has 1 amide bonds. The van der Waals surface area contributed by atoms with E-state index in [0.29, 0.717) is 17.8 Å². The number of benzene rings is 1. The first-order valence-electron chi connectivity index (χ1n) is 5.58. The number of aryl methyl sites for hydroxylation is 1. The molecule has 5 heteroatoms. The number of carbonyl (C=O) groups is 1. The minimum atomic E-state index is -0.0272. The third-order valence-corrected chi connectivity index (χ3v) is 3.39. The summed E-state index contributed by atoms with van der Waals surface area (Å²) in [7, 11) is 1.77. The predicted octanol–water partition coefficient (Wildman–Crippen LogP) is 2.31. The highest BCUT2D eigenvalue weighted by atomic mass is 32.1. The molecule has 0 aliphatic carbocycles. The van der Waals surface area contributed by atoms with Gasteiger partial charge in [-0.3, -0.25) is 4.79 Å². The van der Waals surface area contributed by atoms with E-state index in [-0.39, 0.29) is 5.91 Å². The zero-order valence-electron chi connectivity index (χ0n) is 10.4. The van der Waals surface area contributed by atoms with Gasteiger partial charge in [-0.15, -0.1) is 11.3 Å². The van der Waals surface area contributed by atoms with Gasteiger partial charge in [0.2, 0.25) is 0 Å². The van der Waals surface area contributed by atoms with E-state index >= 15 is 0 Å². The molecule has 1 aromatic heterocycles. The van der Waals surface area contributed by atoms with Gasteiger partial charge in [-0.1, -0.05) is 0 Å². The predicted molar refractivity (Wildman–Crippen MR) is 73.5 cm³/mol. The normalized spacial score (nSPS) is 10.3. The average Bonchev–Trinajstić information content (AvgIpc) is 2.75. The van der Waals surface area contributed by atoms with Crippen LogP contribution in [0.15, 0.2) is 29.6 Å². The van der Waals surface area contributed by atoms with Gasteiger partial charge < -0.3 is 10.6 Å². The molecule has 2 aromatic rings. The second-order valence-corrected chi connectivity index (χ2v) is 5.20. The number of carbonyl (C=O) groups excluding carboxylic acids is 1. The molecule has 94 valence electrons. The van der Waals surface area contributed by atoms with Gasteiger partial charge in [0.1, 0.15) is 0 Å². The van der Waals surface area contributed by atoms with Crippen LogP contribution in [0.3, 0.4) is 0 Å². The van der Waals surface area contributed by atoms with Crippen molar-refractivity contribution in [2.24, 2.45) is 0 Å². The molecular formula is C13H15N3OS. The lowest BCUT2D eigenvalue weighted by atomic mass is 10.2. The van der Waals surface area contributed by atoms with Crippen LogP contribution < -0.4 is 5.73 Å². The highest BCUT2D eigenvalue weighted by Crippen LogP contribution is 2.12. The number of nitrogens with two attached hydrogens (primary N) is 1. The van der Waals surface area contributed by atoms with Gasteiger partial charge in [-0.25, -0.2) is 4.98 Å². The van der Waals surface area contributed by atoms with Gasteiger partial charge >= 0.3 is 0 Å². The van der Waals surface area contributed by atoms with Crippen molar-refractivity contribution in [1.82, 2.24) is 9.88 Å². The Labute approximate surface area is 110 Å². The second kappa shape index (κ2) is 5.18. The number of amides is 1. The summed E-state index contributed by atoms with van der Waals surface area (Å²) in [5.41, 5.74) is 7.81. The van der Waals surface area contributed by atoms with Gasteiger partial charge in [0, 0.05) is 23.7 Å². The standard InChI is InChI=1S/C13H15N3OS/c1-9-15-12(8-18-9)7-16(2)13(17)10-3-5-11(14)6-4-10/h3-6,8H,7,14H2,1-2H3. The molecule has 1 heterocycles. The molecule has 1 aromatic carbocycles. The molecule has 0 saturated carbocycles. The first-order valence-corrected chi connectivity index (χ1v) is 6.46. The molecule has 0 aliphatic heterocycles. The molecule has 0 radical (unpaired) electrons. The number of hydrogen-bond acceptors (Lipinski definition) is 4. The number of hydrogen-bond donors (Lipinski definition) is 1. The van der Waals surface area contributed by atoms with E-state index in [9.17, 15) is 4.79 Å². The first-order chi connectivity index (χ1) is 8.56. The van der Waals surface area contributed by atoms with Crippen LogP contribution in [0.1, 0.15) is 21.1 Å². The summed E-state index contributed by atoms with van der Waals surface area (Å²) >= 11 is 1.59. The van der Waals surface area contributed by atoms with Gasteiger partial charge in [0.25, 0.3) is 5.91 Å². The number of nitrogen functional groups attached to an aromatic ring is 1. The van der Waals surface area contributed by atoms with Crippen LogP contribution in [0.5, 0.6) is 0 Å². The van der Waals surface area contributed by atoms with E-state index in [1.807, 2.05) is 12.3 Å². The minimum Gasteiger partial charge on any atom is -0.399 e. The topological polar surface area (TPSA) is 59.2 Å². The summed E-state index contributed by atoms with van der Waals surface area (Å²) in [5, 5.41) is 2.99. The van der Waals surface area contributed by atoms with Gasteiger partial charge in [-0.05, 0) is 31.2 Å². The Morgan fingerprint density at radius 3 is 2.61 bits per heavy atom. The monoisotopic (exact) mass is 261 g/mol. The molecule has 18 heavy (non-hydrogen) atoms. The number of rotatable bonds is 3. The van der Waals surface area contributed by atoms with Crippen molar-refractivity contribution in [3.8, 4) is 0 Å². The Kier molecular flexibility index (Phi) is 3.62. The van der Waals surface area contributed by atoms with E-state index < -0.39 is 0 Å². The van der Waals surface area contributed by atoms with Crippen LogP contribution in [-0.2, 0) is 6.54 Å². The Morgan fingerprint density at radius 1 is 1.39 bits per heavy atom. The van der Waals surface area contributed by atoms with Gasteiger partial charge in [0.15, 0.2) is 0 Å². The number of thiazole rings is 1. The third kappa shape index (κ3) is 2.87. The Bertz CT molecular complexity index is 548. The minimum absolute atomic E-state index is 0.0272. The zero-order chi connectivity index (χ0) is 13.1. The molecule has 0 spiro atoms. The summed E-state index contributed by atoms with van der Waals surface area (Å²) in [6.45, 7) is 2.48. The van der Waals surface area contributed by atoms with Crippen molar-refractivity contribution >= 4 is 22.9 Å². The summed E-state index contributed by atoms with van der Waals surface area (Å²) in [6.07, 6.45) is 0. The number of aromatic nitrogens is 1. The smallest absolute Gasteiger partial charge is 0.253 e. The molecule has 2 rings (SSSR count). The molecule has 0 unspecified atom stereocenters. The van der Waals surface area contributed by atoms with Crippen molar-refractivity contribution in [1.29, 1.82) is 0 Å². The molecule has 0 saturated heterocycles. The van der Waals surface area contributed by atoms with Crippen molar-refractivity contribution in [2.75, 3.05) is 12.8 Å². The molecule has 0 aliphatic rings. The highest BCUT2D eigenvalue weighted by Gasteiger charge is 2.12. The quantitative estimate of drug-likeness (QED) is 0.862. The van der Waals surface area contributed by atoms with Crippen molar-refractivity contribution < 1.29 is 4.79 Å². The largest absolute Gasteiger partial charge is 0.399 e. The molecule has 2 N–H and O–H groups in total. The SMILES string of the molecule is Cc1nc(CN(C)C(=O)c2ccc(N)cc2)cs1. The lowest BCUT2D eigenvalue weighted by molar-refractivity contribution is 0.0783. The van der Waals surface area contributed by atoms with Crippen LogP contribution in [0.4, 0.5) is 5.69 Å². The zero-order valence-corrected chi connectivity index (χ0v) is 11.2. The fourth-order valence-electron chi connectivity index (χ4n) is 1.64. The molecule has 0 bridgehead atoms. The third-order valence-electron chi connectivity index (χ3n) is 2.57. The Balaban J connectivity index is 2.07. The molecular weight excluding hydrogens is 246 g/mol. The summed E-state index contributed by atoms with van der Waals surface area (Å²) in [6, 6.07) is 6.93. The lowest BCUT2D eigenvalue weighted by Gasteiger charge is -2.15. The second-order valence-electron chi connectivity index (χ2n) is 4.14. The fourth-order valence-corrected chi connectivity index (χ4v) is 2.25. The van der Waals surface area contributed by atoms with E-state index in [0.717, 1.165) is 10.7 Å². The maximum absolute atomic E-state index is 12.1. The highest BCUT2D eigenvalue weighted by molar-refractivity contribution is 7.09. The van der Waals surface area contributed by atoms with Crippen LogP contribution >= 0.6 is 11.3 Å². The Morgan fingerprint density at radius 2 is 2.06 bits per heavy atom. The molecule has 4 nitrogen and oxygen atoms in total. The lowest BCUT2D eigenvalue weighted by Crippen LogP contribution is -2.26. The summed E-state index contributed by atoms with van der Waals surface area (Å²) < 4.78 is 0. The maximum atomic E-state index is 12.1. The van der Waals surface area contributed by atoms with Crippen LogP contribution in [0, 0.1) is 6.92 Å². The summed E-state index contributed by atoms with van der Waals surface area (Å²) in [4.78, 5) is 18.1. The maximum Gasteiger partial charge on any atom is 0.253 e. The average molecular weight is 261 g/mol. The van der Waals surface area contributed by atoms with E-state index in [2.05, 4.69) is 4.98 Å². The number of anilines is 1. The van der Waals surface area contributed by atoms with Gasteiger partial charge in [0.05, 0.1) is 17.2 Å². The van der Waals surface area contributed by atoms with E-state index in [1.54, 1.807) is 47.5 Å². The van der Waals surface area contributed by atoms with Crippen LogP contribution in [0.2, 0.25) is 0 Å².